The van der Waals surface area contributed by atoms with Gasteiger partial charge in [-0.3, -0.25) is 4.79 Å². The van der Waals surface area contributed by atoms with E-state index in [1.165, 1.54) is 0 Å². The van der Waals surface area contributed by atoms with Gasteiger partial charge >= 0.3 is 5.97 Å². The highest BCUT2D eigenvalue weighted by molar-refractivity contribution is 5.76. The molecule has 2 N–H and O–H groups in total. The van der Waals surface area contributed by atoms with Crippen LogP contribution in [0.4, 0.5) is 0 Å². The van der Waals surface area contributed by atoms with Crippen LogP contribution in [0, 0.1) is 5.41 Å². The van der Waals surface area contributed by atoms with Gasteiger partial charge in [-0.2, -0.15) is 0 Å². The van der Waals surface area contributed by atoms with Gasteiger partial charge in [0.25, 0.3) is 0 Å². The lowest BCUT2D eigenvalue weighted by Gasteiger charge is -2.49. The lowest BCUT2D eigenvalue weighted by Crippen LogP contribution is -2.61. The van der Waals surface area contributed by atoms with E-state index in [0.29, 0.717) is 32.3 Å². The zero-order valence-electron chi connectivity index (χ0n) is 10.3. The average Bonchev–Trinajstić information content (AvgIpc) is 2.34. The van der Waals surface area contributed by atoms with Gasteiger partial charge in [0, 0.05) is 19.7 Å². The molecule has 2 aliphatic rings. The highest BCUT2D eigenvalue weighted by atomic mass is 16.5. The molecule has 0 aliphatic carbocycles. The monoisotopic (exact) mass is 243 g/mol. The fraction of sp³-hybridized carbons (Fsp3) is 0.917. The van der Waals surface area contributed by atoms with Crippen LogP contribution in [0.5, 0.6) is 0 Å². The first-order chi connectivity index (χ1) is 8.00. The molecule has 1 unspecified atom stereocenters. The van der Waals surface area contributed by atoms with Crippen LogP contribution in [-0.4, -0.2) is 60.0 Å². The van der Waals surface area contributed by atoms with Crippen molar-refractivity contribution in [2.45, 2.75) is 31.3 Å². The number of likely N-dealkylation sites (tertiary alicyclic amines) is 1. The molecule has 2 rings (SSSR count). The van der Waals surface area contributed by atoms with E-state index in [2.05, 4.69) is 4.90 Å². The summed E-state index contributed by atoms with van der Waals surface area (Å²) in [5.74, 6) is -0.913. The molecule has 98 valence electrons. The van der Waals surface area contributed by atoms with Crippen molar-refractivity contribution in [2.75, 3.05) is 33.4 Å². The van der Waals surface area contributed by atoms with Gasteiger partial charge in [0.05, 0.1) is 12.2 Å². The maximum absolute atomic E-state index is 11.6. The Labute approximate surface area is 101 Å². The van der Waals surface area contributed by atoms with E-state index in [9.17, 15) is 15.0 Å². The summed E-state index contributed by atoms with van der Waals surface area (Å²) in [5, 5.41) is 20.3. The van der Waals surface area contributed by atoms with E-state index in [-0.39, 0.29) is 6.61 Å². The molecule has 0 bridgehead atoms. The van der Waals surface area contributed by atoms with Crippen LogP contribution in [0.2, 0.25) is 0 Å². The van der Waals surface area contributed by atoms with Crippen molar-refractivity contribution in [1.29, 1.82) is 0 Å². The predicted octanol–water partition coefficient (Wildman–Crippen LogP) is 0.324. The molecule has 5 nitrogen and oxygen atoms in total. The topological polar surface area (TPSA) is 70.0 Å². The number of carboxylic acids is 1. The van der Waals surface area contributed by atoms with Crippen LogP contribution in [0.25, 0.3) is 0 Å². The third-order valence-corrected chi connectivity index (χ3v) is 4.36. The molecule has 2 fully saturated rings. The SMILES string of the molecule is CN1CCC(O)(C2(C(=O)O)CCCOC2)CC1. The lowest BCUT2D eigenvalue weighted by molar-refractivity contribution is -0.198. The Kier molecular flexibility index (Phi) is 3.43. The van der Waals surface area contributed by atoms with Gasteiger partial charge in [-0.25, -0.2) is 0 Å². The number of piperidine rings is 1. The largest absolute Gasteiger partial charge is 0.481 e. The number of ether oxygens (including phenoxy) is 1. The molecule has 0 amide bonds. The number of carboxylic acid groups (broad SMARTS) is 1. The van der Waals surface area contributed by atoms with Gasteiger partial charge in [0.1, 0.15) is 5.41 Å². The summed E-state index contributed by atoms with van der Waals surface area (Å²) in [6, 6.07) is 0. The van der Waals surface area contributed by atoms with Crippen molar-refractivity contribution in [3.63, 3.8) is 0 Å². The maximum Gasteiger partial charge on any atom is 0.314 e. The van der Waals surface area contributed by atoms with Gasteiger partial charge in [-0.05, 0) is 32.7 Å². The summed E-state index contributed by atoms with van der Waals surface area (Å²) in [6.45, 7) is 2.23. The molecule has 0 aromatic heterocycles. The van der Waals surface area contributed by atoms with Crippen LogP contribution >= 0.6 is 0 Å². The van der Waals surface area contributed by atoms with Crippen molar-refractivity contribution in [1.82, 2.24) is 4.90 Å². The molecule has 0 aromatic carbocycles. The van der Waals surface area contributed by atoms with Crippen molar-refractivity contribution >= 4 is 5.97 Å². The Morgan fingerprint density at radius 3 is 2.41 bits per heavy atom. The smallest absolute Gasteiger partial charge is 0.314 e. The summed E-state index contributed by atoms with van der Waals surface area (Å²) >= 11 is 0. The first-order valence-electron chi connectivity index (χ1n) is 6.22. The molecule has 17 heavy (non-hydrogen) atoms. The molecule has 2 aliphatic heterocycles. The second-order valence-corrected chi connectivity index (χ2v) is 5.38. The highest BCUT2D eigenvalue weighted by Crippen LogP contribution is 2.45. The summed E-state index contributed by atoms with van der Waals surface area (Å²) in [7, 11) is 1.99. The van der Waals surface area contributed by atoms with Crippen LogP contribution in [0.3, 0.4) is 0 Å². The predicted molar refractivity (Wildman–Crippen MR) is 61.8 cm³/mol. The normalized spacial score (nSPS) is 34.5. The number of hydrogen-bond donors (Lipinski definition) is 2. The molecule has 0 aromatic rings. The first-order valence-corrected chi connectivity index (χ1v) is 6.22. The van der Waals surface area contributed by atoms with E-state index in [0.717, 1.165) is 13.1 Å². The number of hydrogen-bond acceptors (Lipinski definition) is 4. The molecule has 0 saturated carbocycles. The van der Waals surface area contributed by atoms with Gasteiger partial charge in [-0.15, -0.1) is 0 Å². The lowest BCUT2D eigenvalue weighted by atomic mass is 9.64. The second-order valence-electron chi connectivity index (χ2n) is 5.38. The second kappa shape index (κ2) is 4.55. The van der Waals surface area contributed by atoms with E-state index in [1.54, 1.807) is 0 Å². The number of carbonyl (C=O) groups is 1. The van der Waals surface area contributed by atoms with Gasteiger partial charge in [0.15, 0.2) is 0 Å². The Morgan fingerprint density at radius 2 is 1.94 bits per heavy atom. The third-order valence-electron chi connectivity index (χ3n) is 4.36. The fourth-order valence-corrected chi connectivity index (χ4v) is 3.00. The van der Waals surface area contributed by atoms with Crippen LogP contribution in [-0.2, 0) is 9.53 Å². The van der Waals surface area contributed by atoms with Crippen molar-refractivity contribution in [2.24, 2.45) is 5.41 Å². The number of rotatable bonds is 2. The minimum absolute atomic E-state index is 0.141. The Bertz CT molecular complexity index is 291. The van der Waals surface area contributed by atoms with Gasteiger partial charge in [-0.1, -0.05) is 0 Å². The summed E-state index contributed by atoms with van der Waals surface area (Å²) in [5.41, 5.74) is -2.22. The molecule has 0 spiro atoms. The number of aliphatic carboxylic acids is 1. The summed E-state index contributed by atoms with van der Waals surface area (Å²) in [6.07, 6.45) is 2.26. The molecule has 2 heterocycles. The van der Waals surface area contributed by atoms with Crippen LogP contribution in [0.15, 0.2) is 0 Å². The number of aliphatic hydroxyl groups is 1. The van der Waals surface area contributed by atoms with Gasteiger partial charge in [0.2, 0.25) is 0 Å². The minimum atomic E-state index is -1.12. The Balaban J connectivity index is 2.23. The molecule has 0 radical (unpaired) electrons. The Hall–Kier alpha value is -0.650. The van der Waals surface area contributed by atoms with E-state index in [1.807, 2.05) is 7.05 Å². The first kappa shape index (κ1) is 12.8. The third kappa shape index (κ3) is 2.07. The molecule has 5 heteroatoms. The molecular formula is C12H21NO4. The van der Waals surface area contributed by atoms with Crippen LogP contribution in [0.1, 0.15) is 25.7 Å². The highest BCUT2D eigenvalue weighted by Gasteiger charge is 2.57. The number of nitrogens with zero attached hydrogens (tertiary/aromatic N) is 1. The maximum atomic E-state index is 11.6. The van der Waals surface area contributed by atoms with Gasteiger partial charge < -0.3 is 19.8 Å². The molecular weight excluding hydrogens is 222 g/mol. The fourth-order valence-electron chi connectivity index (χ4n) is 3.00. The zero-order chi connectivity index (χ0) is 12.5. The standard InChI is InChI=1S/C12H21NO4/c1-13-6-4-12(16,5-7-13)11(10(14)15)3-2-8-17-9-11/h16H,2-9H2,1H3,(H,14,15). The molecule has 2 saturated heterocycles. The molecule has 1 atom stereocenters. The zero-order valence-corrected chi connectivity index (χ0v) is 10.3. The van der Waals surface area contributed by atoms with E-state index >= 15 is 0 Å². The minimum Gasteiger partial charge on any atom is -0.481 e. The van der Waals surface area contributed by atoms with Crippen molar-refractivity contribution in [3.8, 4) is 0 Å². The summed E-state index contributed by atoms with van der Waals surface area (Å²) in [4.78, 5) is 13.7. The van der Waals surface area contributed by atoms with E-state index < -0.39 is 17.0 Å². The Morgan fingerprint density at radius 1 is 1.29 bits per heavy atom. The van der Waals surface area contributed by atoms with Crippen molar-refractivity contribution in [3.05, 3.63) is 0 Å². The summed E-state index contributed by atoms with van der Waals surface area (Å²) < 4.78 is 5.34. The quantitative estimate of drug-likeness (QED) is 0.731. The van der Waals surface area contributed by atoms with Crippen molar-refractivity contribution < 1.29 is 19.7 Å². The van der Waals surface area contributed by atoms with Crippen LogP contribution < -0.4 is 0 Å². The van der Waals surface area contributed by atoms with E-state index in [4.69, 9.17) is 4.74 Å². The average molecular weight is 243 g/mol.